The van der Waals surface area contributed by atoms with Crippen molar-refractivity contribution in [2.24, 2.45) is 5.73 Å². The van der Waals surface area contributed by atoms with Gasteiger partial charge in [0.1, 0.15) is 0 Å². The monoisotopic (exact) mass is 237 g/mol. The smallest absolute Gasteiger partial charge is 0.234 e. The van der Waals surface area contributed by atoms with E-state index in [9.17, 15) is 0 Å². The summed E-state index contributed by atoms with van der Waals surface area (Å²) in [5, 5.41) is 4.06. The Hall–Kier alpha value is -0.900. The zero-order valence-electron chi connectivity index (χ0n) is 10.7. The van der Waals surface area contributed by atoms with E-state index in [-0.39, 0.29) is 5.41 Å². The SMILES string of the molecule is CCCc1noc(C2(CN)CCCCCC2)n1. The summed E-state index contributed by atoms with van der Waals surface area (Å²) >= 11 is 0. The Kier molecular flexibility index (Phi) is 4.15. The molecule has 0 atom stereocenters. The molecule has 0 amide bonds. The fraction of sp³-hybridized carbons (Fsp3) is 0.846. The number of hydrogen-bond acceptors (Lipinski definition) is 4. The molecule has 1 aromatic heterocycles. The van der Waals surface area contributed by atoms with Crippen molar-refractivity contribution in [3.63, 3.8) is 0 Å². The highest BCUT2D eigenvalue weighted by Gasteiger charge is 2.36. The average molecular weight is 237 g/mol. The Morgan fingerprint density at radius 1 is 1.24 bits per heavy atom. The predicted molar refractivity (Wildman–Crippen MR) is 66.7 cm³/mol. The molecule has 2 N–H and O–H groups in total. The van der Waals surface area contributed by atoms with Gasteiger partial charge in [0.2, 0.25) is 5.89 Å². The Bertz CT molecular complexity index is 340. The molecule has 17 heavy (non-hydrogen) atoms. The minimum Gasteiger partial charge on any atom is -0.339 e. The lowest BCUT2D eigenvalue weighted by atomic mass is 9.80. The van der Waals surface area contributed by atoms with Gasteiger partial charge >= 0.3 is 0 Å². The Labute approximate surface area is 103 Å². The first-order chi connectivity index (χ1) is 8.30. The molecular weight excluding hydrogens is 214 g/mol. The molecule has 2 rings (SSSR count). The molecule has 1 fully saturated rings. The van der Waals surface area contributed by atoms with Crippen LogP contribution in [0.2, 0.25) is 0 Å². The molecule has 96 valence electrons. The molecule has 1 aromatic rings. The minimum atomic E-state index is -0.0461. The van der Waals surface area contributed by atoms with Crippen molar-refractivity contribution in [1.82, 2.24) is 10.1 Å². The summed E-state index contributed by atoms with van der Waals surface area (Å²) in [5.41, 5.74) is 5.95. The standard InChI is InChI=1S/C13H23N3O/c1-2-7-11-15-12(17-16-11)13(10-14)8-5-3-4-6-9-13/h2-10,14H2,1H3. The lowest BCUT2D eigenvalue weighted by molar-refractivity contribution is 0.256. The van der Waals surface area contributed by atoms with Crippen molar-refractivity contribution in [2.75, 3.05) is 6.54 Å². The molecule has 0 aromatic carbocycles. The van der Waals surface area contributed by atoms with Gasteiger partial charge in [-0.05, 0) is 19.3 Å². The molecule has 4 heteroatoms. The van der Waals surface area contributed by atoms with Gasteiger partial charge in [-0.25, -0.2) is 0 Å². The van der Waals surface area contributed by atoms with Crippen molar-refractivity contribution >= 4 is 0 Å². The van der Waals surface area contributed by atoms with Crippen LogP contribution in [0.5, 0.6) is 0 Å². The molecule has 0 aliphatic heterocycles. The van der Waals surface area contributed by atoms with E-state index in [1.54, 1.807) is 0 Å². The lowest BCUT2D eigenvalue weighted by Gasteiger charge is -2.26. The first-order valence-electron chi connectivity index (χ1n) is 6.84. The second kappa shape index (κ2) is 5.63. The van der Waals surface area contributed by atoms with Gasteiger partial charge in [0, 0.05) is 13.0 Å². The summed E-state index contributed by atoms with van der Waals surface area (Å²) in [7, 11) is 0. The van der Waals surface area contributed by atoms with E-state index in [0.29, 0.717) is 6.54 Å². The summed E-state index contributed by atoms with van der Waals surface area (Å²) in [5.74, 6) is 1.62. The van der Waals surface area contributed by atoms with Crippen LogP contribution in [0, 0.1) is 0 Å². The quantitative estimate of drug-likeness (QED) is 0.817. The normalized spacial score (nSPS) is 20.1. The van der Waals surface area contributed by atoms with E-state index < -0.39 is 0 Å². The first kappa shape index (κ1) is 12.6. The number of rotatable bonds is 4. The minimum absolute atomic E-state index is 0.0461. The van der Waals surface area contributed by atoms with E-state index >= 15 is 0 Å². The van der Waals surface area contributed by atoms with Gasteiger partial charge in [-0.1, -0.05) is 37.8 Å². The van der Waals surface area contributed by atoms with Gasteiger partial charge in [-0.3, -0.25) is 0 Å². The van der Waals surface area contributed by atoms with Crippen molar-refractivity contribution in [3.05, 3.63) is 11.7 Å². The third kappa shape index (κ3) is 2.68. The zero-order valence-corrected chi connectivity index (χ0v) is 10.7. The van der Waals surface area contributed by atoms with Crippen molar-refractivity contribution in [2.45, 2.75) is 63.7 Å². The van der Waals surface area contributed by atoms with Gasteiger partial charge in [0.25, 0.3) is 0 Å². The first-order valence-corrected chi connectivity index (χ1v) is 6.84. The number of aromatic nitrogens is 2. The number of nitrogens with zero attached hydrogens (tertiary/aromatic N) is 2. The second-order valence-corrected chi connectivity index (χ2v) is 5.16. The molecule has 0 bridgehead atoms. The molecule has 0 spiro atoms. The molecule has 1 heterocycles. The fourth-order valence-corrected chi connectivity index (χ4v) is 2.71. The lowest BCUT2D eigenvalue weighted by Crippen LogP contribution is -2.35. The third-order valence-corrected chi connectivity index (χ3v) is 3.85. The predicted octanol–water partition coefficient (Wildman–Crippen LogP) is 2.57. The highest BCUT2D eigenvalue weighted by atomic mass is 16.5. The third-order valence-electron chi connectivity index (χ3n) is 3.85. The Morgan fingerprint density at radius 3 is 2.53 bits per heavy atom. The van der Waals surface area contributed by atoms with Crippen LogP contribution in [-0.2, 0) is 11.8 Å². The molecule has 1 saturated carbocycles. The van der Waals surface area contributed by atoms with Crippen molar-refractivity contribution in [1.29, 1.82) is 0 Å². The number of nitrogens with two attached hydrogens (primary N) is 1. The second-order valence-electron chi connectivity index (χ2n) is 5.16. The molecule has 0 radical (unpaired) electrons. The molecule has 0 saturated heterocycles. The summed E-state index contributed by atoms with van der Waals surface area (Å²) < 4.78 is 5.47. The topological polar surface area (TPSA) is 64.9 Å². The molecular formula is C13H23N3O. The molecule has 0 unspecified atom stereocenters. The van der Waals surface area contributed by atoms with Crippen LogP contribution in [-0.4, -0.2) is 16.7 Å². The maximum absolute atomic E-state index is 6.00. The van der Waals surface area contributed by atoms with Crippen LogP contribution >= 0.6 is 0 Å². The van der Waals surface area contributed by atoms with E-state index in [1.807, 2.05) is 0 Å². The van der Waals surface area contributed by atoms with Crippen LogP contribution in [0.3, 0.4) is 0 Å². The number of aryl methyl sites for hydroxylation is 1. The van der Waals surface area contributed by atoms with Crippen LogP contribution in [0.1, 0.15) is 63.6 Å². The van der Waals surface area contributed by atoms with Gasteiger partial charge in [-0.2, -0.15) is 4.98 Å². The van der Waals surface area contributed by atoms with Gasteiger partial charge in [0.05, 0.1) is 5.41 Å². The van der Waals surface area contributed by atoms with Gasteiger partial charge < -0.3 is 10.3 Å². The Balaban J connectivity index is 2.19. The summed E-state index contributed by atoms with van der Waals surface area (Å²) in [6.07, 6.45) is 9.19. The van der Waals surface area contributed by atoms with Crippen LogP contribution in [0.25, 0.3) is 0 Å². The maximum Gasteiger partial charge on any atom is 0.234 e. The largest absolute Gasteiger partial charge is 0.339 e. The average Bonchev–Trinajstić information content (AvgIpc) is 2.68. The van der Waals surface area contributed by atoms with Crippen LogP contribution < -0.4 is 5.73 Å². The maximum atomic E-state index is 6.00. The summed E-state index contributed by atoms with van der Waals surface area (Å²) in [6, 6.07) is 0. The highest BCUT2D eigenvalue weighted by molar-refractivity contribution is 5.07. The number of hydrogen-bond donors (Lipinski definition) is 1. The fourth-order valence-electron chi connectivity index (χ4n) is 2.71. The zero-order chi connectivity index (χ0) is 12.1. The van der Waals surface area contributed by atoms with Gasteiger partial charge in [-0.15, -0.1) is 0 Å². The van der Waals surface area contributed by atoms with E-state index in [1.165, 1.54) is 25.7 Å². The summed E-state index contributed by atoms with van der Waals surface area (Å²) in [6.45, 7) is 2.75. The highest BCUT2D eigenvalue weighted by Crippen LogP contribution is 2.36. The van der Waals surface area contributed by atoms with Crippen LogP contribution in [0.15, 0.2) is 4.52 Å². The molecule has 1 aliphatic rings. The molecule has 4 nitrogen and oxygen atoms in total. The van der Waals surface area contributed by atoms with Crippen molar-refractivity contribution in [3.8, 4) is 0 Å². The van der Waals surface area contributed by atoms with E-state index in [2.05, 4.69) is 17.1 Å². The van der Waals surface area contributed by atoms with E-state index in [4.69, 9.17) is 10.3 Å². The van der Waals surface area contributed by atoms with Crippen LogP contribution in [0.4, 0.5) is 0 Å². The van der Waals surface area contributed by atoms with Crippen molar-refractivity contribution < 1.29 is 4.52 Å². The van der Waals surface area contributed by atoms with E-state index in [0.717, 1.165) is 37.4 Å². The molecule has 1 aliphatic carbocycles. The Morgan fingerprint density at radius 2 is 1.94 bits per heavy atom. The van der Waals surface area contributed by atoms with Gasteiger partial charge in [0.15, 0.2) is 5.82 Å². The summed E-state index contributed by atoms with van der Waals surface area (Å²) in [4.78, 5) is 4.55.